The number of likely N-dealkylation sites (tertiary alicyclic amines) is 1. The van der Waals surface area contributed by atoms with Gasteiger partial charge in [0.15, 0.2) is 0 Å². The molecule has 5 atom stereocenters. The van der Waals surface area contributed by atoms with Gasteiger partial charge in [-0.3, -0.25) is 4.79 Å². The highest BCUT2D eigenvalue weighted by molar-refractivity contribution is 9.07. The van der Waals surface area contributed by atoms with Gasteiger partial charge in [-0.15, -0.1) is 0 Å². The molecule has 2 aromatic heterocycles. The normalized spacial score (nSPS) is 21.9. The van der Waals surface area contributed by atoms with Crippen molar-refractivity contribution < 1.29 is 19.1 Å². The van der Waals surface area contributed by atoms with Gasteiger partial charge in [-0.25, -0.2) is 18.7 Å². The highest BCUT2D eigenvalue weighted by atomic mass is 79.9. The van der Waals surface area contributed by atoms with E-state index in [1.165, 1.54) is 7.11 Å². The maximum Gasteiger partial charge on any atom is 0.407 e. The second kappa shape index (κ2) is 14.6. The number of imidazole rings is 2. The molecule has 12 heteroatoms. The summed E-state index contributed by atoms with van der Waals surface area (Å²) >= 11 is 3.69. The van der Waals surface area contributed by atoms with Crippen LogP contribution in [0.1, 0.15) is 57.3 Å². The summed E-state index contributed by atoms with van der Waals surface area (Å²) in [5, 5.41) is 2.72. The van der Waals surface area contributed by atoms with E-state index in [-0.39, 0.29) is 29.8 Å². The molecule has 48 heavy (non-hydrogen) atoms. The van der Waals surface area contributed by atoms with Gasteiger partial charge < -0.3 is 29.7 Å². The lowest BCUT2D eigenvalue weighted by Gasteiger charge is -2.30. The number of aromatic amines is 2. The molecule has 0 spiro atoms. The number of carbonyl (C=O) groups excluding carboxylic acids is 2. The molecule has 3 N–H and O–H groups in total. The number of nitrogens with one attached hydrogen (secondary N) is 3. The number of hydrogen-bond donors (Lipinski definition) is 3. The molecule has 2 fully saturated rings. The summed E-state index contributed by atoms with van der Waals surface area (Å²) in [6.45, 7) is 8.14. The van der Waals surface area contributed by atoms with Crippen molar-refractivity contribution in [2.75, 3.05) is 33.9 Å². The van der Waals surface area contributed by atoms with E-state index in [0.717, 1.165) is 52.4 Å². The Morgan fingerprint density at radius 2 is 1.42 bits per heavy atom. The van der Waals surface area contributed by atoms with Crippen LogP contribution in [0.15, 0.2) is 60.9 Å². The molecule has 2 amide bonds. The summed E-state index contributed by atoms with van der Waals surface area (Å²) in [7, 11) is 2.96. The number of H-pyrrole nitrogens is 2. The highest BCUT2D eigenvalue weighted by Gasteiger charge is 2.41. The van der Waals surface area contributed by atoms with Crippen molar-refractivity contribution in [3.05, 3.63) is 72.6 Å². The first-order chi connectivity index (χ1) is 23.1. The maximum absolute atomic E-state index is 13.8. The molecule has 0 aliphatic carbocycles. The average molecular weight is 719 g/mol. The van der Waals surface area contributed by atoms with Crippen LogP contribution < -0.4 is 5.32 Å². The summed E-state index contributed by atoms with van der Waals surface area (Å²) in [5.74, 6) is 2.21. The van der Waals surface area contributed by atoms with Crippen LogP contribution >= 0.6 is 16.1 Å². The van der Waals surface area contributed by atoms with Gasteiger partial charge in [-0.2, -0.15) is 0 Å². The second-order valence-corrected chi connectivity index (χ2v) is 14.3. The Balaban J connectivity index is 1.15. The number of ether oxygens (including phenoxy) is 2. The Kier molecular flexibility index (Phi) is 10.3. The molecule has 2 aliphatic heterocycles. The third-order valence-corrected chi connectivity index (χ3v) is 10.2. The van der Waals surface area contributed by atoms with Gasteiger partial charge in [-0.1, -0.05) is 69.3 Å². The van der Waals surface area contributed by atoms with Gasteiger partial charge in [0, 0.05) is 42.3 Å². The van der Waals surface area contributed by atoms with Gasteiger partial charge in [0.25, 0.3) is 0 Å². The van der Waals surface area contributed by atoms with Crippen LogP contribution in [-0.2, 0) is 14.3 Å². The van der Waals surface area contributed by atoms with E-state index in [2.05, 4.69) is 95.8 Å². The Morgan fingerprint density at radius 3 is 1.90 bits per heavy atom. The Hall–Kier alpha value is -4.00. The Morgan fingerprint density at radius 1 is 0.875 bits per heavy atom. The topological polar surface area (TPSA) is 128 Å². The van der Waals surface area contributed by atoms with Crippen molar-refractivity contribution in [1.82, 2.24) is 34.1 Å². The molecule has 11 nitrogen and oxygen atoms in total. The van der Waals surface area contributed by atoms with Crippen molar-refractivity contribution in [3.8, 4) is 33.6 Å². The number of alkyl carbamates (subject to hydrolysis) is 1. The third-order valence-electron chi connectivity index (χ3n) is 9.46. The standard InChI is InChI=1S/C36H44BrN7O4/c1-21(2)32(42-36(46)48-5)35(45)43-19-23(20-47-4)15-30(43)33-38-16-28(40-33)26-10-6-24(7-11-26)25-8-12-27(13-9-25)29-17-39-34(41-29)31-14-22(3)18-44(31)37/h6-13,16-17,21-23,30-32H,14-15,18-20H2,1-5H3,(H,38,40)(H,39,41)(H,42,46). The number of aromatic nitrogens is 4. The number of halogens is 1. The van der Waals surface area contributed by atoms with Gasteiger partial charge in [0.2, 0.25) is 5.91 Å². The van der Waals surface area contributed by atoms with Crippen molar-refractivity contribution in [3.63, 3.8) is 0 Å². The van der Waals surface area contributed by atoms with Crippen LogP contribution in [-0.4, -0.2) is 80.7 Å². The number of hydrogen-bond acceptors (Lipinski definition) is 7. The van der Waals surface area contributed by atoms with Gasteiger partial charge in [-0.05, 0) is 46.9 Å². The fraction of sp³-hybridized carbons (Fsp3) is 0.444. The van der Waals surface area contributed by atoms with Gasteiger partial charge in [0.05, 0.1) is 49.6 Å². The monoisotopic (exact) mass is 717 g/mol. The lowest BCUT2D eigenvalue weighted by molar-refractivity contribution is -0.135. The summed E-state index contributed by atoms with van der Waals surface area (Å²) in [5.41, 5.74) is 6.21. The van der Waals surface area contributed by atoms with Crippen molar-refractivity contribution in [1.29, 1.82) is 0 Å². The first kappa shape index (κ1) is 33.9. The van der Waals surface area contributed by atoms with E-state index in [0.29, 0.717) is 31.3 Å². The van der Waals surface area contributed by atoms with E-state index in [4.69, 9.17) is 14.5 Å². The van der Waals surface area contributed by atoms with Gasteiger partial charge >= 0.3 is 6.09 Å². The molecule has 6 rings (SSSR count). The largest absolute Gasteiger partial charge is 0.453 e. The maximum atomic E-state index is 13.8. The number of carbonyl (C=O) groups is 2. The molecule has 5 unspecified atom stereocenters. The summed E-state index contributed by atoms with van der Waals surface area (Å²) in [6, 6.07) is 16.2. The fourth-order valence-corrected chi connectivity index (χ4v) is 7.74. The molecule has 0 saturated carbocycles. The first-order valence-corrected chi connectivity index (χ1v) is 17.2. The first-order valence-electron chi connectivity index (χ1n) is 16.5. The summed E-state index contributed by atoms with van der Waals surface area (Å²) < 4.78 is 12.4. The van der Waals surface area contributed by atoms with Crippen LogP contribution in [0.3, 0.4) is 0 Å². The van der Waals surface area contributed by atoms with E-state index >= 15 is 0 Å². The van der Waals surface area contributed by atoms with Crippen molar-refractivity contribution >= 4 is 28.1 Å². The molecule has 4 aromatic rings. The second-order valence-electron chi connectivity index (χ2n) is 13.4. The molecule has 0 radical (unpaired) electrons. The lowest BCUT2D eigenvalue weighted by Crippen LogP contribution is -2.51. The molecule has 2 aromatic carbocycles. The van der Waals surface area contributed by atoms with Gasteiger partial charge in [0.1, 0.15) is 17.7 Å². The number of nitrogens with zero attached hydrogens (tertiary/aromatic N) is 4. The van der Waals surface area contributed by atoms with Crippen LogP contribution in [0, 0.1) is 17.8 Å². The SMILES string of the molecule is COCC1CC(c2ncc(-c3ccc(-c4ccc(-c5cnc(C6CC(C)CN6Br)[nH]5)cc4)cc3)[nH]2)N(C(=O)C(NC(=O)OC)C(C)C)C1. The predicted octanol–water partition coefficient (Wildman–Crippen LogP) is 6.74. The Labute approximate surface area is 290 Å². The summed E-state index contributed by atoms with van der Waals surface area (Å²) in [6.07, 6.45) is 4.90. The molecule has 4 heterocycles. The minimum absolute atomic E-state index is 0.120. The number of methoxy groups -OCH3 is 2. The van der Waals surface area contributed by atoms with E-state index in [1.54, 1.807) is 7.11 Å². The average Bonchev–Trinajstić information content (AvgIpc) is 3.90. The zero-order chi connectivity index (χ0) is 33.9. The van der Waals surface area contributed by atoms with Crippen LogP contribution in [0.4, 0.5) is 4.79 Å². The van der Waals surface area contributed by atoms with E-state index in [1.807, 2.05) is 31.1 Å². The smallest absolute Gasteiger partial charge is 0.407 e. The molecular weight excluding hydrogens is 674 g/mol. The van der Waals surface area contributed by atoms with E-state index in [9.17, 15) is 9.59 Å². The minimum atomic E-state index is -0.713. The molecule has 254 valence electrons. The van der Waals surface area contributed by atoms with E-state index < -0.39 is 12.1 Å². The third kappa shape index (κ3) is 7.20. The minimum Gasteiger partial charge on any atom is -0.453 e. The molecule has 0 bridgehead atoms. The van der Waals surface area contributed by atoms with Crippen molar-refractivity contribution in [2.24, 2.45) is 17.8 Å². The summed E-state index contributed by atoms with van der Waals surface area (Å²) in [4.78, 5) is 44.0. The zero-order valence-corrected chi connectivity index (χ0v) is 29.7. The molecular formula is C36H44BrN7O4. The fourth-order valence-electron chi connectivity index (χ4n) is 6.89. The number of amides is 2. The van der Waals surface area contributed by atoms with Crippen LogP contribution in [0.2, 0.25) is 0 Å². The number of rotatable bonds is 10. The Bertz CT molecular complexity index is 1700. The predicted molar refractivity (Wildman–Crippen MR) is 188 cm³/mol. The highest BCUT2D eigenvalue weighted by Crippen LogP contribution is 2.38. The lowest BCUT2D eigenvalue weighted by atomic mass is 10.0. The van der Waals surface area contributed by atoms with Crippen molar-refractivity contribution in [2.45, 2.75) is 51.7 Å². The number of benzene rings is 2. The van der Waals surface area contributed by atoms with Crippen LogP contribution in [0.5, 0.6) is 0 Å². The molecule has 2 aliphatic rings. The van der Waals surface area contributed by atoms with Crippen LogP contribution in [0.25, 0.3) is 33.6 Å². The quantitative estimate of drug-likeness (QED) is 0.155. The zero-order valence-electron chi connectivity index (χ0n) is 28.1. The molecule has 2 saturated heterocycles.